The second-order valence-corrected chi connectivity index (χ2v) is 7.17. The molecule has 1 aliphatic heterocycles. The summed E-state index contributed by atoms with van der Waals surface area (Å²) in [5.74, 6) is 0.588. The number of ether oxygens (including phenoxy) is 2. The zero-order valence-corrected chi connectivity index (χ0v) is 16.2. The first kappa shape index (κ1) is 20.2. The number of benzene rings is 1. The van der Waals surface area contributed by atoms with Crippen LogP contribution in [0.3, 0.4) is 0 Å². The molecule has 1 fully saturated rings. The van der Waals surface area contributed by atoms with Crippen molar-refractivity contribution < 1.29 is 19.1 Å². The first-order valence-electron chi connectivity index (χ1n) is 9.19. The van der Waals surface area contributed by atoms with E-state index in [2.05, 4.69) is 22.3 Å². The van der Waals surface area contributed by atoms with Gasteiger partial charge in [0.15, 0.2) is 0 Å². The fraction of sp³-hybridized carbons (Fsp3) is 0.600. The van der Waals surface area contributed by atoms with Crippen molar-refractivity contribution in [3.05, 3.63) is 29.8 Å². The topological polar surface area (TPSA) is 67.9 Å². The Morgan fingerprint density at radius 1 is 1.23 bits per heavy atom. The highest BCUT2D eigenvalue weighted by Crippen LogP contribution is 2.32. The van der Waals surface area contributed by atoms with Gasteiger partial charge in [-0.05, 0) is 49.4 Å². The number of hydrogen-bond acceptors (Lipinski definition) is 5. The van der Waals surface area contributed by atoms with Crippen LogP contribution in [0, 0.1) is 5.92 Å². The molecular formula is C20H30N2O4. The van der Waals surface area contributed by atoms with Crippen LogP contribution in [0.4, 0.5) is 0 Å². The van der Waals surface area contributed by atoms with Gasteiger partial charge in [0.1, 0.15) is 11.8 Å². The van der Waals surface area contributed by atoms with Crippen LogP contribution in [0.2, 0.25) is 0 Å². The van der Waals surface area contributed by atoms with Gasteiger partial charge in [0, 0.05) is 6.04 Å². The van der Waals surface area contributed by atoms with Gasteiger partial charge >= 0.3 is 5.97 Å². The molecule has 0 aliphatic carbocycles. The van der Waals surface area contributed by atoms with Crippen molar-refractivity contribution in [2.75, 3.05) is 27.3 Å². The van der Waals surface area contributed by atoms with Crippen LogP contribution < -0.4 is 10.1 Å². The smallest absolute Gasteiger partial charge is 0.328 e. The number of carbonyl (C=O) groups is 2. The Kier molecular flexibility index (Phi) is 7.45. The van der Waals surface area contributed by atoms with Crippen molar-refractivity contribution in [2.45, 2.75) is 45.2 Å². The second-order valence-electron chi connectivity index (χ2n) is 7.17. The predicted molar refractivity (Wildman–Crippen MR) is 99.9 cm³/mol. The molecule has 1 aromatic carbocycles. The molecule has 0 radical (unpaired) electrons. The number of amides is 1. The Bertz CT molecular complexity index is 600. The normalized spacial score (nSPS) is 18.6. The van der Waals surface area contributed by atoms with Gasteiger partial charge in [-0.1, -0.05) is 26.0 Å². The summed E-state index contributed by atoms with van der Waals surface area (Å²) in [6.07, 6.45) is 2.64. The number of likely N-dealkylation sites (tertiary alicyclic amines) is 1. The van der Waals surface area contributed by atoms with Gasteiger partial charge < -0.3 is 14.8 Å². The largest absolute Gasteiger partial charge is 0.497 e. The number of hydrogen-bond donors (Lipinski definition) is 1. The molecule has 1 aliphatic rings. The lowest BCUT2D eigenvalue weighted by Gasteiger charge is -2.26. The van der Waals surface area contributed by atoms with Gasteiger partial charge in [-0.15, -0.1) is 0 Å². The fourth-order valence-electron chi connectivity index (χ4n) is 3.47. The molecule has 0 saturated carbocycles. The molecule has 0 aromatic heterocycles. The van der Waals surface area contributed by atoms with Crippen LogP contribution in [0.25, 0.3) is 0 Å². The van der Waals surface area contributed by atoms with E-state index in [9.17, 15) is 9.59 Å². The summed E-state index contributed by atoms with van der Waals surface area (Å²) < 4.78 is 10.0. The Morgan fingerprint density at radius 3 is 2.50 bits per heavy atom. The van der Waals surface area contributed by atoms with Crippen LogP contribution in [0.15, 0.2) is 24.3 Å². The minimum atomic E-state index is -0.588. The molecule has 2 unspecified atom stereocenters. The number of methoxy groups -OCH3 is 2. The maximum Gasteiger partial charge on any atom is 0.328 e. The average molecular weight is 362 g/mol. The van der Waals surface area contributed by atoms with Crippen LogP contribution in [0.1, 0.15) is 44.7 Å². The third kappa shape index (κ3) is 5.46. The molecule has 6 heteroatoms. The van der Waals surface area contributed by atoms with Crippen molar-refractivity contribution in [1.82, 2.24) is 10.2 Å². The molecule has 0 bridgehead atoms. The van der Waals surface area contributed by atoms with Crippen molar-refractivity contribution in [1.29, 1.82) is 0 Å². The lowest BCUT2D eigenvalue weighted by Crippen LogP contribution is -2.46. The molecule has 1 N–H and O–H groups in total. The highest BCUT2D eigenvalue weighted by atomic mass is 16.5. The van der Waals surface area contributed by atoms with Gasteiger partial charge in [0.25, 0.3) is 0 Å². The fourth-order valence-corrected chi connectivity index (χ4v) is 3.47. The molecule has 6 nitrogen and oxygen atoms in total. The minimum absolute atomic E-state index is 0.138. The molecule has 1 heterocycles. The monoisotopic (exact) mass is 362 g/mol. The summed E-state index contributed by atoms with van der Waals surface area (Å²) in [5, 5.41) is 2.84. The Labute approximate surface area is 155 Å². The Balaban J connectivity index is 1.98. The minimum Gasteiger partial charge on any atom is -0.497 e. The zero-order chi connectivity index (χ0) is 19.1. The first-order valence-corrected chi connectivity index (χ1v) is 9.19. The molecule has 2 atom stereocenters. The maximum atomic E-state index is 12.5. The second kappa shape index (κ2) is 9.57. The lowest BCUT2D eigenvalue weighted by molar-refractivity contribution is -0.145. The van der Waals surface area contributed by atoms with E-state index in [-0.39, 0.29) is 24.5 Å². The van der Waals surface area contributed by atoms with Crippen molar-refractivity contribution in [2.24, 2.45) is 5.92 Å². The number of rotatable bonds is 8. The van der Waals surface area contributed by atoms with E-state index >= 15 is 0 Å². The van der Waals surface area contributed by atoms with E-state index in [0.717, 1.165) is 25.1 Å². The Morgan fingerprint density at radius 2 is 1.92 bits per heavy atom. The van der Waals surface area contributed by atoms with Crippen molar-refractivity contribution >= 4 is 11.9 Å². The quantitative estimate of drug-likeness (QED) is 0.720. The third-order valence-electron chi connectivity index (χ3n) is 4.74. The van der Waals surface area contributed by atoms with Crippen molar-refractivity contribution in [3.8, 4) is 5.75 Å². The molecule has 1 amide bonds. The maximum absolute atomic E-state index is 12.5. The molecular weight excluding hydrogens is 332 g/mol. The number of esters is 1. The van der Waals surface area contributed by atoms with Crippen LogP contribution >= 0.6 is 0 Å². The van der Waals surface area contributed by atoms with E-state index in [1.165, 1.54) is 12.7 Å². The number of nitrogens with zero attached hydrogens (tertiary/aromatic N) is 1. The van der Waals surface area contributed by atoms with Gasteiger partial charge in [0.05, 0.1) is 20.8 Å². The summed E-state index contributed by atoms with van der Waals surface area (Å²) in [6.45, 7) is 5.18. The lowest BCUT2D eigenvalue weighted by atomic mass is 10.0. The van der Waals surface area contributed by atoms with Crippen molar-refractivity contribution in [3.63, 3.8) is 0 Å². The average Bonchev–Trinajstić information content (AvgIpc) is 3.08. The zero-order valence-electron chi connectivity index (χ0n) is 16.2. The van der Waals surface area contributed by atoms with Gasteiger partial charge in [0.2, 0.25) is 5.91 Å². The van der Waals surface area contributed by atoms with E-state index < -0.39 is 6.04 Å². The number of nitrogens with one attached hydrogen (secondary N) is 1. The van der Waals surface area contributed by atoms with E-state index in [1.807, 2.05) is 26.0 Å². The SMILES string of the molecule is COC(=O)C(CC(C)C)NC(=O)CN1CCCC1c1ccc(OC)cc1. The van der Waals surface area contributed by atoms with E-state index in [0.29, 0.717) is 12.3 Å². The molecule has 144 valence electrons. The standard InChI is InChI=1S/C20H30N2O4/c1-14(2)12-17(20(24)26-4)21-19(23)13-22-11-5-6-18(22)15-7-9-16(25-3)10-8-15/h7-10,14,17-18H,5-6,11-13H2,1-4H3,(H,21,23). The van der Waals surface area contributed by atoms with Gasteiger partial charge in [-0.2, -0.15) is 0 Å². The summed E-state index contributed by atoms with van der Waals surface area (Å²) in [7, 11) is 3.00. The van der Waals surface area contributed by atoms with Gasteiger partial charge in [-0.3, -0.25) is 9.69 Å². The summed E-state index contributed by atoms with van der Waals surface area (Å²) in [6, 6.07) is 7.62. The third-order valence-corrected chi connectivity index (χ3v) is 4.74. The molecule has 2 rings (SSSR count). The van der Waals surface area contributed by atoms with Crippen LogP contribution in [-0.4, -0.2) is 50.1 Å². The summed E-state index contributed by atoms with van der Waals surface area (Å²) >= 11 is 0. The number of carbonyl (C=O) groups excluding carboxylic acids is 2. The van der Waals surface area contributed by atoms with E-state index in [1.54, 1.807) is 7.11 Å². The predicted octanol–water partition coefficient (Wildman–Crippen LogP) is 2.54. The van der Waals surface area contributed by atoms with Crippen LogP contribution in [0.5, 0.6) is 5.75 Å². The van der Waals surface area contributed by atoms with E-state index in [4.69, 9.17) is 9.47 Å². The molecule has 26 heavy (non-hydrogen) atoms. The van der Waals surface area contributed by atoms with Gasteiger partial charge in [-0.25, -0.2) is 4.79 Å². The first-order chi connectivity index (χ1) is 12.4. The summed E-state index contributed by atoms with van der Waals surface area (Å²) in [5.41, 5.74) is 1.18. The highest BCUT2D eigenvalue weighted by molar-refractivity contribution is 5.85. The highest BCUT2D eigenvalue weighted by Gasteiger charge is 2.29. The molecule has 1 saturated heterocycles. The molecule has 0 spiro atoms. The summed E-state index contributed by atoms with van der Waals surface area (Å²) in [4.78, 5) is 26.6. The Hall–Kier alpha value is -2.08. The molecule has 1 aromatic rings. The van der Waals surface area contributed by atoms with Crippen LogP contribution in [-0.2, 0) is 14.3 Å².